The number of hydrogen-bond donors (Lipinski definition) is 3. The summed E-state index contributed by atoms with van der Waals surface area (Å²) in [6, 6.07) is 2.79. The highest BCUT2D eigenvalue weighted by Crippen LogP contribution is 2.09. The zero-order valence-corrected chi connectivity index (χ0v) is 12.3. The Bertz CT molecular complexity index is 469. The topological polar surface area (TPSA) is 61.4 Å². The Labute approximate surface area is 123 Å². The van der Waals surface area contributed by atoms with Crippen LogP contribution in [0, 0.1) is 17.6 Å². The molecule has 1 rings (SSSR count). The van der Waals surface area contributed by atoms with E-state index in [1.54, 1.807) is 0 Å². The Morgan fingerprint density at radius 2 is 2.05 bits per heavy atom. The molecule has 0 aliphatic heterocycles. The molecule has 0 spiro atoms. The first kappa shape index (κ1) is 17.4. The van der Waals surface area contributed by atoms with Crippen molar-refractivity contribution in [3.63, 3.8) is 0 Å². The third-order valence-electron chi connectivity index (χ3n) is 3.46. The van der Waals surface area contributed by atoms with E-state index in [4.69, 9.17) is 0 Å². The molecule has 0 fully saturated rings. The van der Waals surface area contributed by atoms with Crippen LogP contribution >= 0.6 is 0 Å². The number of nitrogens with one attached hydrogen (secondary N) is 2. The molecule has 0 aliphatic carbocycles. The Kier molecular flexibility index (Phi) is 7.08. The number of urea groups is 1. The van der Waals surface area contributed by atoms with Crippen molar-refractivity contribution in [1.29, 1.82) is 0 Å². The molecule has 0 aliphatic rings. The zero-order valence-electron chi connectivity index (χ0n) is 12.3. The van der Waals surface area contributed by atoms with E-state index in [0.29, 0.717) is 0 Å². The van der Waals surface area contributed by atoms with Crippen molar-refractivity contribution in [2.75, 3.05) is 13.1 Å². The second-order valence-electron chi connectivity index (χ2n) is 5.08. The molecule has 3 N–H and O–H groups in total. The molecule has 0 saturated heterocycles. The van der Waals surface area contributed by atoms with Crippen LogP contribution in [-0.4, -0.2) is 30.3 Å². The summed E-state index contributed by atoms with van der Waals surface area (Å²) in [5.74, 6) is -0.898. The summed E-state index contributed by atoms with van der Waals surface area (Å²) in [5.41, 5.74) is 0.218. The van der Waals surface area contributed by atoms with E-state index in [2.05, 4.69) is 10.6 Å². The summed E-state index contributed by atoms with van der Waals surface area (Å²) in [4.78, 5) is 11.5. The van der Waals surface area contributed by atoms with Gasteiger partial charge in [-0.2, -0.15) is 0 Å². The van der Waals surface area contributed by atoms with E-state index in [1.165, 1.54) is 0 Å². The number of carbonyl (C=O) groups excluding carboxylic acids is 1. The minimum absolute atomic E-state index is 0.103. The fourth-order valence-corrected chi connectivity index (χ4v) is 1.78. The highest BCUT2D eigenvalue weighted by Gasteiger charge is 2.13. The van der Waals surface area contributed by atoms with Crippen LogP contribution in [0.5, 0.6) is 0 Å². The molecule has 0 radical (unpaired) electrons. The van der Waals surface area contributed by atoms with Crippen molar-refractivity contribution >= 4 is 6.03 Å². The van der Waals surface area contributed by atoms with Gasteiger partial charge in [0.2, 0.25) is 0 Å². The summed E-state index contributed by atoms with van der Waals surface area (Å²) in [6.45, 7) is 4.21. The fourth-order valence-electron chi connectivity index (χ4n) is 1.78. The lowest BCUT2D eigenvalue weighted by Crippen LogP contribution is -2.42. The lowest BCUT2D eigenvalue weighted by molar-refractivity contribution is 0.114. The number of rotatable bonds is 7. The van der Waals surface area contributed by atoms with Gasteiger partial charge in [0.15, 0.2) is 0 Å². The Balaban J connectivity index is 2.29. The molecule has 2 amide bonds. The van der Waals surface area contributed by atoms with E-state index in [1.807, 2.05) is 13.8 Å². The van der Waals surface area contributed by atoms with Crippen molar-refractivity contribution in [3.05, 3.63) is 35.4 Å². The van der Waals surface area contributed by atoms with Crippen LogP contribution in [-0.2, 0) is 6.42 Å². The number of aliphatic hydroxyl groups is 1. The molecule has 118 valence electrons. The van der Waals surface area contributed by atoms with E-state index in [-0.39, 0.29) is 31.0 Å². The van der Waals surface area contributed by atoms with Crippen molar-refractivity contribution in [2.24, 2.45) is 5.92 Å². The number of amides is 2. The first-order chi connectivity index (χ1) is 9.93. The average molecular weight is 300 g/mol. The van der Waals surface area contributed by atoms with Gasteiger partial charge in [-0.25, -0.2) is 13.6 Å². The third-order valence-corrected chi connectivity index (χ3v) is 3.46. The maximum atomic E-state index is 13.3. The molecule has 0 saturated carbocycles. The number of benzene rings is 1. The molecule has 4 nitrogen and oxygen atoms in total. The third kappa shape index (κ3) is 6.08. The van der Waals surface area contributed by atoms with Crippen LogP contribution in [0.4, 0.5) is 13.6 Å². The standard InChI is InChI=1S/C15H22F2N2O2/c1-3-10(2)14(20)9-19-15(21)18-7-6-11-8-12(16)4-5-13(11)17/h4-5,8,10,14,20H,3,6-7,9H2,1-2H3,(H2,18,19,21). The minimum Gasteiger partial charge on any atom is -0.391 e. The summed E-state index contributed by atoms with van der Waals surface area (Å²) in [6.07, 6.45) is 0.426. The molecule has 21 heavy (non-hydrogen) atoms. The average Bonchev–Trinajstić information content (AvgIpc) is 2.47. The maximum Gasteiger partial charge on any atom is 0.314 e. The highest BCUT2D eigenvalue weighted by atomic mass is 19.1. The van der Waals surface area contributed by atoms with Crippen LogP contribution in [0.2, 0.25) is 0 Å². The quantitative estimate of drug-likeness (QED) is 0.723. The lowest BCUT2D eigenvalue weighted by Gasteiger charge is -2.17. The van der Waals surface area contributed by atoms with Gasteiger partial charge in [0.1, 0.15) is 11.6 Å². The zero-order chi connectivity index (χ0) is 15.8. The normalized spacial score (nSPS) is 13.6. The number of halogens is 2. The first-order valence-corrected chi connectivity index (χ1v) is 7.07. The summed E-state index contributed by atoms with van der Waals surface area (Å²) < 4.78 is 26.3. The molecule has 0 bridgehead atoms. The van der Waals surface area contributed by atoms with Crippen molar-refractivity contribution in [1.82, 2.24) is 10.6 Å². The van der Waals surface area contributed by atoms with Crippen LogP contribution in [0.3, 0.4) is 0 Å². The largest absolute Gasteiger partial charge is 0.391 e. The van der Waals surface area contributed by atoms with Crippen LogP contribution in [0.15, 0.2) is 18.2 Å². The van der Waals surface area contributed by atoms with Gasteiger partial charge in [-0.15, -0.1) is 0 Å². The summed E-state index contributed by atoms with van der Waals surface area (Å²) >= 11 is 0. The van der Waals surface area contributed by atoms with Crippen molar-refractivity contribution < 1.29 is 18.7 Å². The molecule has 2 unspecified atom stereocenters. The monoisotopic (exact) mass is 300 g/mol. The molecule has 2 atom stereocenters. The summed E-state index contributed by atoms with van der Waals surface area (Å²) in [5, 5.41) is 14.8. The second kappa shape index (κ2) is 8.56. The van der Waals surface area contributed by atoms with Crippen molar-refractivity contribution in [2.45, 2.75) is 32.8 Å². The van der Waals surface area contributed by atoms with Gasteiger partial charge in [0.25, 0.3) is 0 Å². The molecular weight excluding hydrogens is 278 g/mol. The smallest absolute Gasteiger partial charge is 0.314 e. The van der Waals surface area contributed by atoms with Gasteiger partial charge in [0, 0.05) is 13.1 Å². The number of aliphatic hydroxyl groups excluding tert-OH is 1. The first-order valence-electron chi connectivity index (χ1n) is 7.07. The van der Waals surface area contributed by atoms with Crippen LogP contribution < -0.4 is 10.6 Å². The Morgan fingerprint density at radius 1 is 1.33 bits per heavy atom. The number of hydrogen-bond acceptors (Lipinski definition) is 2. The molecule has 1 aromatic rings. The predicted molar refractivity (Wildman–Crippen MR) is 76.9 cm³/mol. The van der Waals surface area contributed by atoms with Crippen LogP contribution in [0.25, 0.3) is 0 Å². The highest BCUT2D eigenvalue weighted by molar-refractivity contribution is 5.73. The fraction of sp³-hybridized carbons (Fsp3) is 0.533. The SMILES string of the molecule is CCC(C)C(O)CNC(=O)NCCc1cc(F)ccc1F. The van der Waals surface area contributed by atoms with Crippen LogP contribution in [0.1, 0.15) is 25.8 Å². The van der Waals surface area contributed by atoms with Gasteiger partial charge < -0.3 is 15.7 Å². The van der Waals surface area contributed by atoms with E-state index < -0.39 is 23.8 Å². The van der Waals surface area contributed by atoms with Crippen molar-refractivity contribution in [3.8, 4) is 0 Å². The number of carbonyl (C=O) groups is 1. The van der Waals surface area contributed by atoms with Gasteiger partial charge in [0.05, 0.1) is 6.10 Å². The lowest BCUT2D eigenvalue weighted by atomic mass is 10.0. The molecule has 6 heteroatoms. The van der Waals surface area contributed by atoms with Gasteiger partial charge in [-0.3, -0.25) is 0 Å². The Hall–Kier alpha value is -1.69. The maximum absolute atomic E-state index is 13.3. The van der Waals surface area contributed by atoms with Gasteiger partial charge >= 0.3 is 6.03 Å². The Morgan fingerprint density at radius 3 is 2.71 bits per heavy atom. The predicted octanol–water partition coefficient (Wildman–Crippen LogP) is 2.21. The van der Waals surface area contributed by atoms with E-state index >= 15 is 0 Å². The molecule has 0 heterocycles. The minimum atomic E-state index is -0.596. The summed E-state index contributed by atoms with van der Waals surface area (Å²) in [7, 11) is 0. The molecule has 0 aromatic heterocycles. The molecular formula is C15H22F2N2O2. The van der Waals surface area contributed by atoms with E-state index in [0.717, 1.165) is 24.6 Å². The molecule has 1 aromatic carbocycles. The van der Waals surface area contributed by atoms with E-state index in [9.17, 15) is 18.7 Å². The second-order valence-corrected chi connectivity index (χ2v) is 5.08. The van der Waals surface area contributed by atoms with Gasteiger partial charge in [-0.1, -0.05) is 20.3 Å². The van der Waals surface area contributed by atoms with Gasteiger partial charge in [-0.05, 0) is 36.1 Å².